The highest BCUT2D eigenvalue weighted by molar-refractivity contribution is 5.82. The minimum Gasteiger partial charge on any atom is -0.382 e. The molecule has 0 aliphatic heterocycles. The van der Waals surface area contributed by atoms with Gasteiger partial charge in [-0.15, -0.1) is 0 Å². The fourth-order valence-electron chi connectivity index (χ4n) is 0.891. The lowest BCUT2D eigenvalue weighted by molar-refractivity contribution is -0.127. The zero-order valence-electron chi connectivity index (χ0n) is 9.28. The van der Waals surface area contributed by atoms with E-state index >= 15 is 0 Å². The molecule has 0 heterocycles. The first-order valence-electron chi connectivity index (χ1n) is 4.85. The fourth-order valence-corrected chi connectivity index (χ4v) is 0.891. The lowest BCUT2D eigenvalue weighted by Crippen LogP contribution is -2.48. The van der Waals surface area contributed by atoms with Crippen LogP contribution in [0.15, 0.2) is 0 Å². The Morgan fingerprint density at radius 1 is 1.33 bits per heavy atom. The number of amides is 2. The third kappa shape index (κ3) is 6.03. The summed E-state index contributed by atoms with van der Waals surface area (Å²) in [5.41, 5.74) is 4.85. The molecule has 0 fully saturated rings. The fraction of sp³-hybridized carbons (Fsp3) is 0.778. The minimum absolute atomic E-state index is 0.0258. The summed E-state index contributed by atoms with van der Waals surface area (Å²) in [6.07, 6.45) is -1.26. The summed E-state index contributed by atoms with van der Waals surface area (Å²) in [5, 5.41) is 14.5. The molecule has 6 nitrogen and oxygen atoms in total. The highest BCUT2D eigenvalue weighted by Gasteiger charge is 2.16. The summed E-state index contributed by atoms with van der Waals surface area (Å²) in [6.45, 7) is 5.32. The summed E-state index contributed by atoms with van der Waals surface area (Å²) in [6, 6.07) is -0.413. The first-order valence-corrected chi connectivity index (χ1v) is 4.85. The van der Waals surface area contributed by atoms with Gasteiger partial charge in [0.05, 0.1) is 6.04 Å². The maximum absolute atomic E-state index is 11.4. The SMILES string of the molecule is CC(C)NC(=O)C(C)NCC(O)C(N)=O. The van der Waals surface area contributed by atoms with Crippen LogP contribution in [0.1, 0.15) is 20.8 Å². The molecule has 2 amide bonds. The van der Waals surface area contributed by atoms with Gasteiger partial charge in [0.25, 0.3) is 0 Å². The van der Waals surface area contributed by atoms with Crippen molar-refractivity contribution in [2.24, 2.45) is 5.73 Å². The van der Waals surface area contributed by atoms with Crippen LogP contribution in [0.4, 0.5) is 0 Å². The second kappa shape index (κ2) is 6.36. The third-order valence-electron chi connectivity index (χ3n) is 1.77. The number of hydrogen-bond donors (Lipinski definition) is 4. The molecular weight excluding hydrogens is 198 g/mol. The Morgan fingerprint density at radius 3 is 2.27 bits per heavy atom. The molecule has 6 heteroatoms. The molecular formula is C9H19N3O3. The van der Waals surface area contributed by atoms with E-state index in [2.05, 4.69) is 10.6 Å². The number of carbonyl (C=O) groups excluding carboxylic acids is 2. The van der Waals surface area contributed by atoms with Crippen molar-refractivity contribution < 1.29 is 14.7 Å². The van der Waals surface area contributed by atoms with Gasteiger partial charge >= 0.3 is 0 Å². The van der Waals surface area contributed by atoms with Crippen molar-refractivity contribution in [3.63, 3.8) is 0 Å². The molecule has 15 heavy (non-hydrogen) atoms. The van der Waals surface area contributed by atoms with Crippen LogP contribution in [0.2, 0.25) is 0 Å². The first kappa shape index (κ1) is 13.9. The van der Waals surface area contributed by atoms with Gasteiger partial charge in [0.1, 0.15) is 6.10 Å². The van der Waals surface area contributed by atoms with Crippen molar-refractivity contribution in [1.82, 2.24) is 10.6 Å². The first-order chi connectivity index (χ1) is 6.84. The van der Waals surface area contributed by atoms with Gasteiger partial charge in [0.2, 0.25) is 11.8 Å². The van der Waals surface area contributed by atoms with Crippen molar-refractivity contribution in [1.29, 1.82) is 0 Å². The van der Waals surface area contributed by atoms with Crippen LogP contribution < -0.4 is 16.4 Å². The molecule has 0 aliphatic carbocycles. The molecule has 0 spiro atoms. The summed E-state index contributed by atoms with van der Waals surface area (Å²) < 4.78 is 0. The van der Waals surface area contributed by atoms with Crippen molar-refractivity contribution in [2.75, 3.05) is 6.54 Å². The summed E-state index contributed by atoms with van der Waals surface area (Å²) in [4.78, 5) is 21.9. The monoisotopic (exact) mass is 217 g/mol. The quantitative estimate of drug-likeness (QED) is 0.427. The van der Waals surface area contributed by atoms with E-state index in [1.807, 2.05) is 13.8 Å². The van der Waals surface area contributed by atoms with E-state index < -0.39 is 18.1 Å². The van der Waals surface area contributed by atoms with Crippen molar-refractivity contribution in [2.45, 2.75) is 39.0 Å². The van der Waals surface area contributed by atoms with Gasteiger partial charge in [-0.05, 0) is 20.8 Å². The second-order valence-corrected chi connectivity index (χ2v) is 3.71. The maximum atomic E-state index is 11.4. The van der Waals surface area contributed by atoms with E-state index in [0.717, 1.165) is 0 Å². The average Bonchev–Trinajstić information content (AvgIpc) is 2.12. The highest BCUT2D eigenvalue weighted by Crippen LogP contribution is 1.87. The number of nitrogens with two attached hydrogens (primary N) is 1. The number of hydrogen-bond acceptors (Lipinski definition) is 4. The van der Waals surface area contributed by atoms with Crippen LogP contribution >= 0.6 is 0 Å². The number of primary amides is 1. The minimum atomic E-state index is -1.26. The predicted octanol–water partition coefficient (Wildman–Crippen LogP) is -1.66. The standard InChI is InChI=1S/C9H19N3O3/c1-5(2)12-9(15)6(3)11-4-7(13)8(10)14/h5-7,11,13H,4H2,1-3H3,(H2,10,14)(H,12,15). The smallest absolute Gasteiger partial charge is 0.247 e. The Balaban J connectivity index is 3.87. The van der Waals surface area contributed by atoms with Crippen LogP contribution in [0, 0.1) is 0 Å². The largest absolute Gasteiger partial charge is 0.382 e. The summed E-state index contributed by atoms with van der Waals surface area (Å²) >= 11 is 0. The molecule has 0 radical (unpaired) electrons. The highest BCUT2D eigenvalue weighted by atomic mass is 16.3. The van der Waals surface area contributed by atoms with Crippen molar-refractivity contribution >= 4 is 11.8 Å². The third-order valence-corrected chi connectivity index (χ3v) is 1.77. The van der Waals surface area contributed by atoms with Crippen LogP contribution in [-0.4, -0.2) is 41.7 Å². The van der Waals surface area contributed by atoms with E-state index in [9.17, 15) is 9.59 Å². The van der Waals surface area contributed by atoms with E-state index in [1.54, 1.807) is 6.92 Å². The van der Waals surface area contributed by atoms with Gasteiger partial charge in [-0.3, -0.25) is 9.59 Å². The zero-order valence-corrected chi connectivity index (χ0v) is 9.28. The number of aliphatic hydroxyl groups is 1. The van der Waals surface area contributed by atoms with Crippen LogP contribution in [0.3, 0.4) is 0 Å². The van der Waals surface area contributed by atoms with Crippen molar-refractivity contribution in [3.05, 3.63) is 0 Å². The van der Waals surface area contributed by atoms with E-state index in [-0.39, 0.29) is 18.5 Å². The Labute approximate surface area is 89.2 Å². The van der Waals surface area contributed by atoms with E-state index in [1.165, 1.54) is 0 Å². The molecule has 2 atom stereocenters. The van der Waals surface area contributed by atoms with Gasteiger partial charge in [0.15, 0.2) is 0 Å². The van der Waals surface area contributed by atoms with Crippen LogP contribution in [0.5, 0.6) is 0 Å². The van der Waals surface area contributed by atoms with Gasteiger partial charge in [-0.25, -0.2) is 0 Å². The Morgan fingerprint density at radius 2 is 1.87 bits per heavy atom. The van der Waals surface area contributed by atoms with Crippen molar-refractivity contribution in [3.8, 4) is 0 Å². The lowest BCUT2D eigenvalue weighted by atomic mass is 10.2. The molecule has 0 aliphatic rings. The molecule has 88 valence electrons. The van der Waals surface area contributed by atoms with E-state index in [0.29, 0.717) is 0 Å². The summed E-state index contributed by atoms with van der Waals surface area (Å²) in [7, 11) is 0. The normalized spacial score (nSPS) is 14.7. The molecule has 0 aromatic carbocycles. The Kier molecular flexibility index (Phi) is 5.88. The number of aliphatic hydroxyl groups excluding tert-OH is 1. The molecule has 5 N–H and O–H groups in total. The van der Waals surface area contributed by atoms with Gasteiger partial charge in [-0.1, -0.05) is 0 Å². The Hall–Kier alpha value is -1.14. The summed E-state index contributed by atoms with van der Waals surface area (Å²) in [5.74, 6) is -0.986. The van der Waals surface area contributed by atoms with E-state index in [4.69, 9.17) is 10.8 Å². The second-order valence-electron chi connectivity index (χ2n) is 3.71. The molecule has 0 aromatic rings. The molecule has 0 aromatic heterocycles. The number of nitrogens with one attached hydrogen (secondary N) is 2. The number of carbonyl (C=O) groups is 2. The van der Waals surface area contributed by atoms with Gasteiger partial charge < -0.3 is 21.5 Å². The number of rotatable bonds is 6. The zero-order chi connectivity index (χ0) is 12.0. The maximum Gasteiger partial charge on any atom is 0.247 e. The molecule has 2 unspecified atom stereocenters. The lowest BCUT2D eigenvalue weighted by Gasteiger charge is -2.17. The predicted molar refractivity (Wildman–Crippen MR) is 55.9 cm³/mol. The van der Waals surface area contributed by atoms with Crippen LogP contribution in [0.25, 0.3) is 0 Å². The molecule has 0 bridgehead atoms. The van der Waals surface area contributed by atoms with Crippen LogP contribution in [-0.2, 0) is 9.59 Å². The molecule has 0 saturated carbocycles. The molecule has 0 rings (SSSR count). The van der Waals surface area contributed by atoms with Gasteiger partial charge in [-0.2, -0.15) is 0 Å². The molecule has 0 saturated heterocycles. The average molecular weight is 217 g/mol. The van der Waals surface area contributed by atoms with Gasteiger partial charge in [0, 0.05) is 12.6 Å². The Bertz CT molecular complexity index is 231. The topological polar surface area (TPSA) is 104 Å².